The van der Waals surface area contributed by atoms with Crippen LogP contribution in [-0.4, -0.2) is 87.6 Å². The van der Waals surface area contributed by atoms with Crippen molar-refractivity contribution in [2.75, 3.05) is 26.3 Å². The number of unbranched alkanes of at least 4 members (excludes halogenated alkanes) is 3. The largest absolute Gasteiger partial charge is 0.465 e. The summed E-state index contributed by atoms with van der Waals surface area (Å²) in [5.41, 5.74) is -1.16. The number of fused-ring (bicyclic) bond motifs is 1. The predicted molar refractivity (Wildman–Crippen MR) is 150 cm³/mol. The molecule has 38 heavy (non-hydrogen) atoms. The van der Waals surface area contributed by atoms with Crippen LogP contribution in [0.1, 0.15) is 65.7 Å². The third-order valence-electron chi connectivity index (χ3n) is 8.07. The first kappa shape index (κ1) is 30.8. The molecule has 0 aromatic carbocycles. The number of hydrogen-bond donors (Lipinski definition) is 1. The van der Waals surface area contributed by atoms with Gasteiger partial charge in [0.25, 0.3) is 0 Å². The molecule has 3 aliphatic rings. The van der Waals surface area contributed by atoms with Crippen LogP contribution in [0.5, 0.6) is 0 Å². The number of amides is 2. The number of hydrogen-bond acceptors (Lipinski definition) is 6. The highest BCUT2D eigenvalue weighted by Gasteiger charge is 2.77. The number of carbonyl (C=O) groups is 3. The molecule has 2 amide bonds. The summed E-state index contributed by atoms with van der Waals surface area (Å²) in [5, 5.41) is 10.4. The number of allylic oxidation sites excluding steroid dienone is 1. The molecule has 3 rings (SSSR count). The normalized spacial score (nSPS) is 30.4. The van der Waals surface area contributed by atoms with Crippen LogP contribution < -0.4 is 0 Å². The van der Waals surface area contributed by atoms with Crippen LogP contribution >= 0.6 is 15.9 Å². The number of carbonyl (C=O) groups excluding carboxylic acids is 3. The maximum absolute atomic E-state index is 14.3. The second-order valence-electron chi connectivity index (χ2n) is 11.3. The standard InChI is InChI=1S/C29H45BrN2O6/c1-6-9-11-12-15-37-28(36)22-23-26(34)32(20(18-33)16-19(4)5)25(29(23)17-21(30)24(22)38-29)27(35)31(13-8-3)14-10-7-2/h6,8,19-25,33H,1,3,7,9-18H2,2,4-5H3/t20-,21?,22+,23+,24+,25?,29?/m1/s1. The zero-order chi connectivity index (χ0) is 28.0. The van der Waals surface area contributed by atoms with Gasteiger partial charge in [-0.15, -0.1) is 13.2 Å². The van der Waals surface area contributed by atoms with Crippen LogP contribution in [0.2, 0.25) is 0 Å². The van der Waals surface area contributed by atoms with Gasteiger partial charge in [0, 0.05) is 17.9 Å². The van der Waals surface area contributed by atoms with Crippen LogP contribution in [0.25, 0.3) is 0 Å². The van der Waals surface area contributed by atoms with E-state index in [1.54, 1.807) is 15.9 Å². The maximum Gasteiger partial charge on any atom is 0.312 e. The van der Waals surface area contributed by atoms with Gasteiger partial charge in [-0.3, -0.25) is 14.4 Å². The first-order chi connectivity index (χ1) is 18.2. The lowest BCUT2D eigenvalue weighted by Crippen LogP contribution is -2.59. The van der Waals surface area contributed by atoms with Crippen molar-refractivity contribution in [2.45, 2.75) is 94.3 Å². The topological polar surface area (TPSA) is 96.4 Å². The van der Waals surface area contributed by atoms with Crippen LogP contribution in [0.3, 0.4) is 0 Å². The highest BCUT2D eigenvalue weighted by Crippen LogP contribution is 2.60. The number of ether oxygens (including phenoxy) is 2. The summed E-state index contributed by atoms with van der Waals surface area (Å²) >= 11 is 3.69. The van der Waals surface area contributed by atoms with Gasteiger partial charge in [0.05, 0.1) is 37.2 Å². The van der Waals surface area contributed by atoms with E-state index in [1.165, 1.54) is 0 Å². The minimum atomic E-state index is -1.16. The molecule has 0 radical (unpaired) electrons. The van der Waals surface area contributed by atoms with E-state index >= 15 is 0 Å². The van der Waals surface area contributed by atoms with Crippen molar-refractivity contribution >= 4 is 33.7 Å². The Kier molecular flexibility index (Phi) is 11.0. The summed E-state index contributed by atoms with van der Waals surface area (Å²) in [6, 6.07) is -1.48. The van der Waals surface area contributed by atoms with Gasteiger partial charge in [-0.1, -0.05) is 55.3 Å². The SMILES string of the molecule is C=CCCCCOC(=O)[C@H]1[C@H]2C(=O)N([C@@H](CO)CC(C)C)C(C(=O)N(CC=C)CCCC)C23CC(Br)[C@@H]1O3. The Morgan fingerprint density at radius 1 is 1.29 bits per heavy atom. The van der Waals surface area contributed by atoms with Gasteiger partial charge in [0.2, 0.25) is 11.8 Å². The van der Waals surface area contributed by atoms with Crippen molar-refractivity contribution in [3.05, 3.63) is 25.3 Å². The minimum absolute atomic E-state index is 0.190. The molecule has 214 valence electrons. The molecule has 0 saturated carbocycles. The quantitative estimate of drug-likeness (QED) is 0.126. The highest BCUT2D eigenvalue weighted by atomic mass is 79.9. The molecule has 8 nitrogen and oxygen atoms in total. The number of esters is 1. The molecule has 3 unspecified atom stereocenters. The number of nitrogens with zero attached hydrogens (tertiary/aromatic N) is 2. The van der Waals surface area contributed by atoms with E-state index in [2.05, 4.69) is 36.0 Å². The molecule has 1 N–H and O–H groups in total. The van der Waals surface area contributed by atoms with Gasteiger partial charge in [0.15, 0.2) is 0 Å². The molecule has 0 aliphatic carbocycles. The van der Waals surface area contributed by atoms with E-state index in [9.17, 15) is 19.5 Å². The summed E-state index contributed by atoms with van der Waals surface area (Å²) in [7, 11) is 0. The van der Waals surface area contributed by atoms with Crippen molar-refractivity contribution in [3.63, 3.8) is 0 Å². The Labute approximate surface area is 235 Å². The Bertz CT molecular complexity index is 881. The van der Waals surface area contributed by atoms with Crippen LogP contribution in [0.15, 0.2) is 25.3 Å². The van der Waals surface area contributed by atoms with Crippen LogP contribution in [0.4, 0.5) is 0 Å². The Morgan fingerprint density at radius 3 is 2.63 bits per heavy atom. The monoisotopic (exact) mass is 596 g/mol. The number of halogens is 1. The summed E-state index contributed by atoms with van der Waals surface area (Å²) in [6.07, 6.45) is 8.08. The van der Waals surface area contributed by atoms with Gasteiger partial charge in [-0.2, -0.15) is 0 Å². The lowest BCUT2D eigenvalue weighted by atomic mass is 9.70. The molecule has 0 aromatic rings. The smallest absolute Gasteiger partial charge is 0.312 e. The molecule has 7 atom stereocenters. The Balaban J connectivity index is 2.00. The molecule has 3 aliphatic heterocycles. The predicted octanol–water partition coefficient (Wildman–Crippen LogP) is 3.86. The molecular formula is C29H45BrN2O6. The van der Waals surface area contributed by atoms with Gasteiger partial charge < -0.3 is 24.4 Å². The minimum Gasteiger partial charge on any atom is -0.465 e. The molecular weight excluding hydrogens is 552 g/mol. The second kappa shape index (κ2) is 13.6. The number of likely N-dealkylation sites (tertiary alicyclic amines) is 1. The fourth-order valence-electron chi connectivity index (χ4n) is 6.46. The first-order valence-electron chi connectivity index (χ1n) is 14.1. The number of aliphatic hydroxyl groups is 1. The molecule has 3 heterocycles. The van der Waals surface area contributed by atoms with Crippen molar-refractivity contribution in [3.8, 4) is 0 Å². The molecule has 3 fully saturated rings. The average molecular weight is 598 g/mol. The number of alkyl halides is 1. The number of rotatable bonds is 16. The van der Waals surface area contributed by atoms with E-state index in [0.29, 0.717) is 32.4 Å². The van der Waals surface area contributed by atoms with E-state index < -0.39 is 41.6 Å². The third-order valence-corrected chi connectivity index (χ3v) is 8.92. The van der Waals surface area contributed by atoms with Crippen molar-refractivity contribution in [2.24, 2.45) is 17.8 Å². The van der Waals surface area contributed by atoms with Crippen molar-refractivity contribution in [1.82, 2.24) is 9.80 Å². The molecule has 0 aromatic heterocycles. The Morgan fingerprint density at radius 2 is 2.03 bits per heavy atom. The lowest BCUT2D eigenvalue weighted by molar-refractivity contribution is -0.156. The fourth-order valence-corrected chi connectivity index (χ4v) is 7.40. The lowest BCUT2D eigenvalue weighted by Gasteiger charge is -2.39. The van der Waals surface area contributed by atoms with Gasteiger partial charge in [0.1, 0.15) is 11.6 Å². The van der Waals surface area contributed by atoms with Crippen LogP contribution in [0, 0.1) is 17.8 Å². The average Bonchev–Trinajstić information content (AvgIpc) is 3.47. The van der Waals surface area contributed by atoms with E-state index in [4.69, 9.17) is 9.47 Å². The molecule has 1 spiro atoms. The Hall–Kier alpha value is -1.71. The number of aliphatic hydroxyl groups excluding tert-OH is 1. The van der Waals surface area contributed by atoms with Crippen molar-refractivity contribution in [1.29, 1.82) is 0 Å². The molecule has 9 heteroatoms. The summed E-state index contributed by atoms with van der Waals surface area (Å²) in [6.45, 7) is 14.5. The zero-order valence-corrected chi connectivity index (χ0v) is 24.7. The maximum atomic E-state index is 14.3. The van der Waals surface area contributed by atoms with E-state index in [1.807, 2.05) is 19.9 Å². The molecule has 2 bridgehead atoms. The third kappa shape index (κ3) is 5.89. The van der Waals surface area contributed by atoms with E-state index in [0.717, 1.165) is 25.7 Å². The first-order valence-corrected chi connectivity index (χ1v) is 15.0. The summed E-state index contributed by atoms with van der Waals surface area (Å²) in [4.78, 5) is 45.0. The second-order valence-corrected chi connectivity index (χ2v) is 12.4. The summed E-state index contributed by atoms with van der Waals surface area (Å²) in [5.74, 6) is -2.40. The van der Waals surface area contributed by atoms with Gasteiger partial charge in [-0.25, -0.2) is 0 Å². The van der Waals surface area contributed by atoms with Crippen LogP contribution in [-0.2, 0) is 23.9 Å². The summed E-state index contributed by atoms with van der Waals surface area (Å²) < 4.78 is 12.2. The highest BCUT2D eigenvalue weighted by molar-refractivity contribution is 9.09. The van der Waals surface area contributed by atoms with Crippen molar-refractivity contribution < 1.29 is 29.0 Å². The fraction of sp³-hybridized carbons (Fsp3) is 0.759. The van der Waals surface area contributed by atoms with Gasteiger partial charge in [-0.05, 0) is 44.4 Å². The van der Waals surface area contributed by atoms with E-state index in [-0.39, 0.29) is 35.8 Å². The zero-order valence-electron chi connectivity index (χ0n) is 23.1. The van der Waals surface area contributed by atoms with Gasteiger partial charge >= 0.3 is 5.97 Å². The molecule has 3 saturated heterocycles.